The minimum Gasteiger partial charge on any atom is -0.508 e. The molecule has 5 rings (SSSR count). The largest absolute Gasteiger partial charge is 0.508 e. The molecule has 1 aliphatic rings. The van der Waals surface area contributed by atoms with Gasteiger partial charge in [-0.1, -0.05) is 12.2 Å². The predicted octanol–water partition coefficient (Wildman–Crippen LogP) is 6.67. The number of aromatic hydroxyl groups is 3. The van der Waals surface area contributed by atoms with Gasteiger partial charge in [0, 0.05) is 54.4 Å². The first-order valence-corrected chi connectivity index (χ1v) is 17.4. The number of ketones is 1. The van der Waals surface area contributed by atoms with Gasteiger partial charge in [0.15, 0.2) is 11.5 Å². The average molecular weight is 715 g/mol. The monoisotopic (exact) mass is 714 g/mol. The summed E-state index contributed by atoms with van der Waals surface area (Å²) in [6.45, 7) is 1.98. The molecule has 1 aromatic heterocycles. The van der Waals surface area contributed by atoms with Crippen LogP contribution >= 0.6 is 0 Å². The number of phenolic OH excluding ortho intramolecular Hbond substituents is 3. The Bertz CT molecular complexity index is 1940. The zero-order valence-electron chi connectivity index (χ0n) is 29.9. The van der Waals surface area contributed by atoms with E-state index in [1.54, 1.807) is 49.4 Å². The van der Waals surface area contributed by atoms with Crippen molar-refractivity contribution in [1.82, 2.24) is 10.3 Å². The maximum Gasteiger partial charge on any atom is 0.342 e. The first-order chi connectivity index (χ1) is 25.0. The molecule has 3 aromatic carbocycles. The van der Waals surface area contributed by atoms with Gasteiger partial charge in [-0.3, -0.25) is 9.59 Å². The third-order valence-corrected chi connectivity index (χ3v) is 9.35. The SMILES string of the molecule is COc1cc(C(CC(=O)NCCc2c[nH]c3ccc(O)cc23)c2c(O)cc3c(c2O)C(=O)O[C@@H](C)CCCC(=O)CCCC=C3)cc(OC)c1OC. The van der Waals surface area contributed by atoms with Gasteiger partial charge in [-0.05, 0) is 92.1 Å². The number of benzene rings is 3. The third-order valence-electron chi connectivity index (χ3n) is 9.35. The lowest BCUT2D eigenvalue weighted by molar-refractivity contribution is -0.121. The van der Waals surface area contributed by atoms with Gasteiger partial charge in [0.2, 0.25) is 11.7 Å². The van der Waals surface area contributed by atoms with E-state index in [4.69, 9.17) is 18.9 Å². The van der Waals surface area contributed by atoms with Gasteiger partial charge in [-0.15, -0.1) is 0 Å². The van der Waals surface area contributed by atoms with Crippen molar-refractivity contribution in [2.75, 3.05) is 27.9 Å². The number of fused-ring (bicyclic) bond motifs is 2. The van der Waals surface area contributed by atoms with E-state index in [1.807, 2.05) is 6.20 Å². The number of methoxy groups -OCH3 is 3. The van der Waals surface area contributed by atoms with Crippen LogP contribution in [0.5, 0.6) is 34.5 Å². The maximum atomic E-state index is 13.7. The van der Waals surface area contributed by atoms with Crippen LogP contribution in [0, 0.1) is 0 Å². The molecule has 0 radical (unpaired) electrons. The van der Waals surface area contributed by atoms with E-state index in [-0.39, 0.29) is 58.4 Å². The minimum atomic E-state index is -1.00. The van der Waals surface area contributed by atoms with Crippen LogP contribution in [-0.4, -0.2) is 71.9 Å². The second kappa shape index (κ2) is 17.0. The second-order valence-electron chi connectivity index (χ2n) is 12.9. The number of hydrogen-bond acceptors (Lipinski definition) is 10. The number of allylic oxidation sites excluding steroid dienone is 1. The van der Waals surface area contributed by atoms with Crippen LogP contribution in [0.15, 0.2) is 48.7 Å². The summed E-state index contributed by atoms with van der Waals surface area (Å²) >= 11 is 0. The lowest BCUT2D eigenvalue weighted by Crippen LogP contribution is -2.27. The topological polar surface area (TPSA) is 177 Å². The fourth-order valence-corrected chi connectivity index (χ4v) is 6.68. The molecule has 5 N–H and O–H groups in total. The zero-order chi connectivity index (χ0) is 37.4. The Balaban J connectivity index is 1.54. The number of ether oxygens (including phenoxy) is 4. The van der Waals surface area contributed by atoms with Crippen molar-refractivity contribution in [3.63, 3.8) is 0 Å². The quantitative estimate of drug-likeness (QED) is 0.112. The van der Waals surface area contributed by atoms with Crippen molar-refractivity contribution in [3.8, 4) is 34.5 Å². The summed E-state index contributed by atoms with van der Waals surface area (Å²) in [6, 6.07) is 9.66. The van der Waals surface area contributed by atoms with Crippen molar-refractivity contribution >= 4 is 34.6 Å². The van der Waals surface area contributed by atoms with E-state index < -0.39 is 29.6 Å². The van der Waals surface area contributed by atoms with Crippen LogP contribution in [0.2, 0.25) is 0 Å². The summed E-state index contributed by atoms with van der Waals surface area (Å²) in [5.74, 6) is -1.89. The molecule has 1 amide bonds. The molecule has 4 aromatic rings. The van der Waals surface area contributed by atoms with E-state index in [1.165, 1.54) is 27.4 Å². The van der Waals surface area contributed by atoms with Crippen molar-refractivity contribution < 1.29 is 48.7 Å². The Morgan fingerprint density at radius 2 is 1.73 bits per heavy atom. The van der Waals surface area contributed by atoms with Gasteiger partial charge in [0.1, 0.15) is 28.6 Å². The van der Waals surface area contributed by atoms with Crippen LogP contribution < -0.4 is 19.5 Å². The van der Waals surface area contributed by atoms with Gasteiger partial charge >= 0.3 is 5.97 Å². The molecule has 12 nitrogen and oxygen atoms in total. The maximum absolute atomic E-state index is 13.7. The second-order valence-corrected chi connectivity index (χ2v) is 12.9. The van der Waals surface area contributed by atoms with Gasteiger partial charge < -0.3 is 44.6 Å². The minimum absolute atomic E-state index is 0.0556. The number of phenols is 3. The van der Waals surface area contributed by atoms with Crippen LogP contribution in [-0.2, 0) is 20.7 Å². The Kier molecular flexibility index (Phi) is 12.3. The Morgan fingerprint density at radius 1 is 1.00 bits per heavy atom. The average Bonchev–Trinajstić information content (AvgIpc) is 3.51. The first kappa shape index (κ1) is 37.6. The molecule has 2 heterocycles. The molecule has 0 spiro atoms. The molecule has 1 aliphatic heterocycles. The number of nitrogens with one attached hydrogen (secondary N) is 2. The number of carbonyl (C=O) groups is 3. The van der Waals surface area contributed by atoms with Gasteiger partial charge in [-0.25, -0.2) is 4.79 Å². The van der Waals surface area contributed by atoms with Gasteiger partial charge in [0.05, 0.1) is 27.4 Å². The van der Waals surface area contributed by atoms with Crippen molar-refractivity contribution in [2.24, 2.45) is 0 Å². The Labute approximate surface area is 302 Å². The molecule has 276 valence electrons. The highest BCUT2D eigenvalue weighted by Crippen LogP contribution is 2.47. The van der Waals surface area contributed by atoms with Crippen LogP contribution in [0.4, 0.5) is 0 Å². The molecule has 0 bridgehead atoms. The zero-order valence-corrected chi connectivity index (χ0v) is 29.9. The summed E-state index contributed by atoms with van der Waals surface area (Å²) in [5, 5.41) is 37.3. The normalized spacial score (nSPS) is 16.0. The van der Waals surface area contributed by atoms with Crippen LogP contribution in [0.1, 0.15) is 90.4 Å². The highest BCUT2D eigenvalue weighted by atomic mass is 16.5. The highest BCUT2D eigenvalue weighted by Gasteiger charge is 2.32. The number of esters is 1. The third kappa shape index (κ3) is 8.62. The molecule has 0 aliphatic carbocycles. The summed E-state index contributed by atoms with van der Waals surface area (Å²) in [7, 11) is 4.37. The van der Waals surface area contributed by atoms with Crippen molar-refractivity contribution in [2.45, 2.75) is 70.3 Å². The molecule has 0 saturated carbocycles. The number of aromatic amines is 1. The highest BCUT2D eigenvalue weighted by molar-refractivity contribution is 5.98. The summed E-state index contributed by atoms with van der Waals surface area (Å²) in [4.78, 5) is 42.8. The number of rotatable bonds is 10. The van der Waals surface area contributed by atoms with Crippen molar-refractivity contribution in [3.05, 3.63) is 76.5 Å². The molecule has 1 unspecified atom stereocenters. The number of carbonyl (C=O) groups excluding carboxylic acids is 3. The van der Waals surface area contributed by atoms with Crippen molar-refractivity contribution in [1.29, 1.82) is 0 Å². The Hall–Kier alpha value is -5.65. The molecule has 12 heteroatoms. The van der Waals surface area contributed by atoms with Gasteiger partial charge in [-0.2, -0.15) is 0 Å². The molecule has 52 heavy (non-hydrogen) atoms. The molecule has 0 saturated heterocycles. The fourth-order valence-electron chi connectivity index (χ4n) is 6.68. The summed E-state index contributed by atoms with van der Waals surface area (Å²) < 4.78 is 22.4. The molecular weight excluding hydrogens is 668 g/mol. The number of hydrogen-bond donors (Lipinski definition) is 5. The number of Topliss-reactive ketones (excluding diaryl/α,β-unsaturated/α-hetero) is 1. The van der Waals surface area contributed by atoms with Crippen LogP contribution in [0.25, 0.3) is 17.0 Å². The van der Waals surface area contributed by atoms with Gasteiger partial charge in [0.25, 0.3) is 0 Å². The number of H-pyrrole nitrogens is 1. The van der Waals surface area contributed by atoms with E-state index in [9.17, 15) is 29.7 Å². The lowest BCUT2D eigenvalue weighted by atomic mass is 9.84. The predicted molar refractivity (Wildman–Crippen MR) is 196 cm³/mol. The fraction of sp³-hybridized carbons (Fsp3) is 0.375. The number of aromatic nitrogens is 1. The summed E-state index contributed by atoms with van der Waals surface area (Å²) in [5.41, 5.74) is 2.22. The standard InChI is InChI=1S/C40H46N2O10/c1-23-9-8-12-27(43)11-7-5-6-10-24-17-32(45)37(38(47)36(24)40(48)52-23)30(26-18-33(49-2)39(51-4)34(19-26)50-3)21-35(46)41-16-15-25-22-42-31-14-13-28(44)20-29(25)31/h6,10,13-14,17-20,22-23,30,42,44-45,47H,5,7-9,11-12,15-16,21H2,1-4H3,(H,41,46)/t23-,30?/m0/s1. The number of cyclic esters (lactones) is 1. The van der Waals surface area contributed by atoms with E-state index >= 15 is 0 Å². The number of amides is 1. The van der Waals surface area contributed by atoms with Crippen LogP contribution in [0.3, 0.4) is 0 Å². The smallest absolute Gasteiger partial charge is 0.342 e. The Morgan fingerprint density at radius 3 is 2.44 bits per heavy atom. The van der Waals surface area contributed by atoms with E-state index in [0.29, 0.717) is 56.3 Å². The first-order valence-electron chi connectivity index (χ1n) is 17.4. The summed E-state index contributed by atoms with van der Waals surface area (Å²) in [6.07, 6.45) is 7.93. The van der Waals surface area contributed by atoms with E-state index in [2.05, 4.69) is 10.3 Å². The molecule has 2 atom stereocenters. The molecular formula is C40H46N2O10. The van der Waals surface area contributed by atoms with E-state index in [0.717, 1.165) is 16.5 Å². The lowest BCUT2D eigenvalue weighted by Gasteiger charge is -2.24. The molecule has 0 fully saturated rings.